The molecule has 0 spiro atoms. The first-order valence-electron chi connectivity index (χ1n) is 1.92. The second-order valence-corrected chi connectivity index (χ2v) is 1.49. The predicted molar refractivity (Wildman–Crippen MR) is 27.4 cm³/mol. The molecule has 0 saturated carbocycles. The largest absolute Gasteiger partial charge is 1.00 e. The minimum absolute atomic E-state index is 0. The Hall–Kier alpha value is 0.297. The fourth-order valence-electron chi connectivity index (χ4n) is 0.224. The van der Waals surface area contributed by atoms with Gasteiger partial charge in [0.1, 0.15) is 0 Å². The number of hydrogen-bond acceptors (Lipinski definition) is 1. The molecule has 7 heavy (non-hydrogen) atoms. The quantitative estimate of drug-likeness (QED) is 0.269. The van der Waals surface area contributed by atoms with Gasteiger partial charge < -0.3 is 11.0 Å². The molecule has 0 aliphatic heterocycles. The van der Waals surface area contributed by atoms with Crippen LogP contribution in [0, 0.1) is 6.08 Å². The van der Waals surface area contributed by atoms with Crippen LogP contribution in [-0.4, -0.2) is 25.5 Å². The molecule has 0 aromatic heterocycles. The monoisotopic (exact) mass is 91.1 g/mol. The molecule has 0 aliphatic carbocycles. The Morgan fingerprint density at radius 2 is 2.00 bits per heavy atom. The first-order chi connectivity index (χ1) is 2.77. The molecular formula is C5H10LiN. The molecule has 0 rings (SSSR count). The molecule has 0 aromatic carbocycles. The average Bonchev–Trinajstić information content (AvgIpc) is 1.35. The van der Waals surface area contributed by atoms with E-state index in [9.17, 15) is 0 Å². The summed E-state index contributed by atoms with van der Waals surface area (Å²) in [4.78, 5) is 2.01. The minimum Gasteiger partial charge on any atom is -0.489 e. The van der Waals surface area contributed by atoms with Crippen molar-refractivity contribution < 1.29 is 18.9 Å². The molecule has 36 valence electrons. The van der Waals surface area contributed by atoms with Crippen molar-refractivity contribution in [3.63, 3.8) is 0 Å². The van der Waals surface area contributed by atoms with Gasteiger partial charge in [0.15, 0.2) is 0 Å². The fourth-order valence-corrected chi connectivity index (χ4v) is 0.224. The topological polar surface area (TPSA) is 3.24 Å². The van der Waals surface area contributed by atoms with Crippen LogP contribution in [0.5, 0.6) is 0 Å². The van der Waals surface area contributed by atoms with Gasteiger partial charge in [-0.15, -0.1) is 6.54 Å². The molecule has 0 saturated heterocycles. The van der Waals surface area contributed by atoms with Crippen molar-refractivity contribution in [3.8, 4) is 0 Å². The van der Waals surface area contributed by atoms with E-state index in [4.69, 9.17) is 0 Å². The zero-order valence-corrected chi connectivity index (χ0v) is 5.36. The maximum absolute atomic E-state index is 3.43. The summed E-state index contributed by atoms with van der Waals surface area (Å²) in [6.07, 6.45) is 2.74. The van der Waals surface area contributed by atoms with Crippen LogP contribution in [0.25, 0.3) is 0 Å². The molecular weight excluding hydrogens is 81.0 g/mol. The molecule has 0 fully saturated rings. The zero-order chi connectivity index (χ0) is 4.99. The van der Waals surface area contributed by atoms with Crippen molar-refractivity contribution in [2.24, 2.45) is 0 Å². The van der Waals surface area contributed by atoms with Crippen molar-refractivity contribution in [1.29, 1.82) is 0 Å². The Labute approximate surface area is 57.6 Å². The van der Waals surface area contributed by atoms with Gasteiger partial charge in [-0.05, 0) is 14.1 Å². The number of nitrogens with zero attached hydrogens (tertiary/aromatic N) is 1. The zero-order valence-electron chi connectivity index (χ0n) is 5.36. The summed E-state index contributed by atoms with van der Waals surface area (Å²) in [5.74, 6) is 0. The summed E-state index contributed by atoms with van der Waals surface area (Å²) in [5, 5.41) is 0. The Kier molecular flexibility index (Phi) is 9.28. The van der Waals surface area contributed by atoms with Crippen LogP contribution >= 0.6 is 0 Å². The van der Waals surface area contributed by atoms with E-state index in [0.29, 0.717) is 0 Å². The van der Waals surface area contributed by atoms with E-state index < -0.39 is 0 Å². The number of rotatable bonds is 2. The van der Waals surface area contributed by atoms with Gasteiger partial charge in [-0.2, -0.15) is 0 Å². The SMILES string of the molecule is C=[C-]CN(C)C.[Li+]. The van der Waals surface area contributed by atoms with Crippen LogP contribution in [0.15, 0.2) is 6.58 Å². The van der Waals surface area contributed by atoms with E-state index in [0.717, 1.165) is 6.54 Å². The molecule has 0 unspecified atom stereocenters. The third kappa shape index (κ3) is 10.7. The maximum Gasteiger partial charge on any atom is 1.00 e. The first kappa shape index (κ1) is 10.3. The Morgan fingerprint density at radius 3 is 2.00 bits per heavy atom. The van der Waals surface area contributed by atoms with Crippen molar-refractivity contribution in [2.75, 3.05) is 20.6 Å². The van der Waals surface area contributed by atoms with Gasteiger partial charge >= 0.3 is 18.9 Å². The van der Waals surface area contributed by atoms with E-state index in [-0.39, 0.29) is 18.9 Å². The van der Waals surface area contributed by atoms with E-state index >= 15 is 0 Å². The van der Waals surface area contributed by atoms with Crippen LogP contribution in [-0.2, 0) is 0 Å². The van der Waals surface area contributed by atoms with E-state index in [2.05, 4.69) is 12.7 Å². The molecule has 0 bridgehead atoms. The van der Waals surface area contributed by atoms with Gasteiger partial charge in [-0.25, -0.2) is 0 Å². The van der Waals surface area contributed by atoms with Crippen molar-refractivity contribution in [1.82, 2.24) is 4.90 Å². The third-order valence-electron chi connectivity index (χ3n) is 0.428. The van der Waals surface area contributed by atoms with Gasteiger partial charge in [-0.3, -0.25) is 6.58 Å². The van der Waals surface area contributed by atoms with Crippen molar-refractivity contribution >= 4 is 0 Å². The summed E-state index contributed by atoms with van der Waals surface area (Å²) < 4.78 is 0. The van der Waals surface area contributed by atoms with Crippen LogP contribution in [0.4, 0.5) is 0 Å². The molecule has 0 aliphatic rings. The van der Waals surface area contributed by atoms with Crippen LogP contribution in [0.3, 0.4) is 0 Å². The first-order valence-corrected chi connectivity index (χ1v) is 1.92. The predicted octanol–water partition coefficient (Wildman–Crippen LogP) is -2.46. The molecule has 0 heterocycles. The molecule has 2 heteroatoms. The molecule has 0 aromatic rings. The maximum atomic E-state index is 3.43. The summed E-state index contributed by atoms with van der Waals surface area (Å²) >= 11 is 0. The third-order valence-corrected chi connectivity index (χ3v) is 0.428. The van der Waals surface area contributed by atoms with E-state index in [1.54, 1.807) is 0 Å². The van der Waals surface area contributed by atoms with Gasteiger partial charge in [0, 0.05) is 0 Å². The Balaban J connectivity index is 0. The number of hydrogen-bond donors (Lipinski definition) is 0. The second-order valence-electron chi connectivity index (χ2n) is 1.49. The van der Waals surface area contributed by atoms with E-state index in [1.165, 1.54) is 0 Å². The molecule has 0 radical (unpaired) electrons. The summed E-state index contributed by atoms with van der Waals surface area (Å²) in [6, 6.07) is 0. The Morgan fingerprint density at radius 1 is 1.57 bits per heavy atom. The summed E-state index contributed by atoms with van der Waals surface area (Å²) in [7, 11) is 3.97. The van der Waals surface area contributed by atoms with Crippen molar-refractivity contribution in [2.45, 2.75) is 0 Å². The van der Waals surface area contributed by atoms with Gasteiger partial charge in [0.05, 0.1) is 0 Å². The van der Waals surface area contributed by atoms with Crippen LogP contribution in [0.1, 0.15) is 0 Å². The smallest absolute Gasteiger partial charge is 0.489 e. The van der Waals surface area contributed by atoms with Gasteiger partial charge in [0.25, 0.3) is 0 Å². The van der Waals surface area contributed by atoms with Gasteiger partial charge in [-0.1, -0.05) is 0 Å². The van der Waals surface area contributed by atoms with E-state index in [1.807, 2.05) is 19.0 Å². The molecule has 1 nitrogen and oxygen atoms in total. The fraction of sp³-hybridized carbons (Fsp3) is 0.600. The Bertz CT molecular complexity index is 43.3. The van der Waals surface area contributed by atoms with Gasteiger partial charge in [0.2, 0.25) is 0 Å². The average molecular weight is 91.1 g/mol. The normalized spacial score (nSPS) is 7.86. The minimum atomic E-state index is 0. The number of likely N-dealkylation sites (N-methyl/N-ethyl adjacent to an activating group) is 1. The van der Waals surface area contributed by atoms with Crippen LogP contribution in [0.2, 0.25) is 0 Å². The molecule has 0 atom stereocenters. The summed E-state index contributed by atoms with van der Waals surface area (Å²) in [5.41, 5.74) is 0. The standard InChI is InChI=1S/C5H10N.Li/c1-4-5-6(2)3;/h1,5H2,2-3H3;/q-1;+1. The van der Waals surface area contributed by atoms with Crippen LogP contribution < -0.4 is 18.9 Å². The van der Waals surface area contributed by atoms with Crippen molar-refractivity contribution in [3.05, 3.63) is 12.7 Å². The second kappa shape index (κ2) is 6.30. The molecule has 0 N–H and O–H groups in total. The summed E-state index contributed by atoms with van der Waals surface area (Å²) in [6.45, 7) is 4.28. The molecule has 0 amide bonds.